The standard InChI is InChI=1S/C6H11Cl2O3P/c7-4-1-2-6(3-5-8)11-12(9)10/h2,12H,1,3-5H2,(H,9,10). The number of hydrogen-bond donors (Lipinski definition) is 1. The second kappa shape index (κ2) is 7.93. The molecule has 1 unspecified atom stereocenters. The van der Waals surface area contributed by atoms with Crippen LogP contribution in [0.5, 0.6) is 0 Å². The van der Waals surface area contributed by atoms with Crippen LogP contribution in [-0.2, 0) is 9.09 Å². The lowest BCUT2D eigenvalue weighted by molar-refractivity contribution is 0.343. The summed E-state index contributed by atoms with van der Waals surface area (Å²) >= 11 is 10.8. The summed E-state index contributed by atoms with van der Waals surface area (Å²) in [6.45, 7) is 0. The molecule has 1 N–H and O–H groups in total. The molecule has 0 aliphatic heterocycles. The molecule has 1 atom stereocenters. The third-order valence-corrected chi connectivity index (χ3v) is 1.88. The summed E-state index contributed by atoms with van der Waals surface area (Å²) in [7, 11) is -2.91. The highest BCUT2D eigenvalue weighted by Crippen LogP contribution is 2.23. The lowest BCUT2D eigenvalue weighted by Crippen LogP contribution is -1.87. The van der Waals surface area contributed by atoms with E-state index in [1.807, 2.05) is 0 Å². The van der Waals surface area contributed by atoms with Crippen LogP contribution < -0.4 is 0 Å². The van der Waals surface area contributed by atoms with Gasteiger partial charge in [-0.25, -0.2) is 4.57 Å². The molecule has 0 saturated carbocycles. The molecule has 0 aromatic heterocycles. The Balaban J connectivity index is 3.93. The van der Waals surface area contributed by atoms with Crippen molar-refractivity contribution >= 4 is 31.5 Å². The molecule has 0 aliphatic carbocycles. The van der Waals surface area contributed by atoms with E-state index >= 15 is 0 Å². The van der Waals surface area contributed by atoms with Crippen LogP contribution >= 0.6 is 31.5 Å². The zero-order valence-corrected chi connectivity index (χ0v) is 8.94. The van der Waals surface area contributed by atoms with Gasteiger partial charge in [0, 0.05) is 18.2 Å². The summed E-state index contributed by atoms with van der Waals surface area (Å²) in [5.41, 5.74) is 0. The van der Waals surface area contributed by atoms with Crippen LogP contribution in [0.1, 0.15) is 12.8 Å². The third kappa shape index (κ3) is 6.99. The first-order chi connectivity index (χ1) is 5.70. The SMILES string of the molecule is O=[PH](O)OC(=CCCCl)CCCl. The van der Waals surface area contributed by atoms with Crippen LogP contribution in [0.3, 0.4) is 0 Å². The van der Waals surface area contributed by atoms with Crippen LogP contribution in [0.2, 0.25) is 0 Å². The number of hydrogen-bond acceptors (Lipinski definition) is 2. The molecular formula is C6H11Cl2O3P. The molecule has 12 heavy (non-hydrogen) atoms. The van der Waals surface area contributed by atoms with Crippen molar-refractivity contribution < 1.29 is 14.0 Å². The van der Waals surface area contributed by atoms with Gasteiger partial charge in [-0.1, -0.05) is 0 Å². The van der Waals surface area contributed by atoms with Gasteiger partial charge in [-0.15, -0.1) is 23.2 Å². The van der Waals surface area contributed by atoms with E-state index in [4.69, 9.17) is 28.1 Å². The average Bonchev–Trinajstić information content (AvgIpc) is 2.00. The van der Waals surface area contributed by atoms with Crippen molar-refractivity contribution in [3.8, 4) is 0 Å². The smallest absolute Gasteiger partial charge is 0.364 e. The highest BCUT2D eigenvalue weighted by Gasteiger charge is 1.99. The molecule has 72 valence electrons. The summed E-state index contributed by atoms with van der Waals surface area (Å²) in [5, 5.41) is 0. The minimum Gasteiger partial charge on any atom is -0.431 e. The van der Waals surface area contributed by atoms with Crippen molar-refractivity contribution in [2.75, 3.05) is 11.8 Å². The zero-order valence-electron chi connectivity index (χ0n) is 6.43. The molecule has 0 fully saturated rings. The van der Waals surface area contributed by atoms with Gasteiger partial charge in [-0.05, 0) is 12.5 Å². The monoisotopic (exact) mass is 232 g/mol. The minimum absolute atomic E-state index is 0.364. The van der Waals surface area contributed by atoms with Crippen LogP contribution in [0.4, 0.5) is 0 Å². The van der Waals surface area contributed by atoms with E-state index in [0.717, 1.165) is 0 Å². The normalized spacial score (nSPS) is 14.4. The molecule has 0 bridgehead atoms. The van der Waals surface area contributed by atoms with Crippen LogP contribution in [0.15, 0.2) is 11.8 Å². The van der Waals surface area contributed by atoms with Gasteiger partial charge in [0.1, 0.15) is 5.76 Å². The maximum atomic E-state index is 10.3. The Morgan fingerprint density at radius 3 is 2.58 bits per heavy atom. The fourth-order valence-electron chi connectivity index (χ4n) is 0.616. The summed E-state index contributed by atoms with van der Waals surface area (Å²) in [6, 6.07) is 0. The molecule has 0 aliphatic rings. The Labute approximate surface area is 82.3 Å². The van der Waals surface area contributed by atoms with Crippen LogP contribution in [-0.4, -0.2) is 16.7 Å². The van der Waals surface area contributed by atoms with Crippen molar-refractivity contribution in [2.24, 2.45) is 0 Å². The first-order valence-electron chi connectivity index (χ1n) is 3.42. The fraction of sp³-hybridized carbons (Fsp3) is 0.667. The quantitative estimate of drug-likeness (QED) is 0.435. The van der Waals surface area contributed by atoms with E-state index in [9.17, 15) is 4.57 Å². The van der Waals surface area contributed by atoms with Crippen LogP contribution in [0.25, 0.3) is 0 Å². The van der Waals surface area contributed by atoms with E-state index in [-0.39, 0.29) is 0 Å². The highest BCUT2D eigenvalue weighted by atomic mass is 35.5. The second-order valence-electron chi connectivity index (χ2n) is 1.96. The van der Waals surface area contributed by atoms with E-state index in [0.29, 0.717) is 30.4 Å². The number of alkyl halides is 2. The van der Waals surface area contributed by atoms with Gasteiger partial charge in [-0.2, -0.15) is 0 Å². The van der Waals surface area contributed by atoms with Crippen molar-refractivity contribution in [3.05, 3.63) is 11.8 Å². The minimum atomic E-state index is -2.91. The lowest BCUT2D eigenvalue weighted by atomic mass is 10.3. The Morgan fingerprint density at radius 1 is 1.50 bits per heavy atom. The molecule has 0 aromatic rings. The summed E-state index contributed by atoms with van der Waals surface area (Å²) in [4.78, 5) is 8.46. The van der Waals surface area contributed by atoms with Gasteiger partial charge < -0.3 is 9.42 Å². The Bertz CT molecular complexity index is 172. The summed E-state index contributed by atoms with van der Waals surface area (Å²) in [5.74, 6) is 1.27. The maximum absolute atomic E-state index is 10.3. The molecule has 0 aromatic carbocycles. The lowest BCUT2D eigenvalue weighted by Gasteiger charge is -2.04. The number of rotatable bonds is 6. The van der Waals surface area contributed by atoms with Crippen molar-refractivity contribution in [1.82, 2.24) is 0 Å². The number of halogens is 2. The molecule has 6 heteroatoms. The predicted octanol–water partition coefficient (Wildman–Crippen LogP) is 2.53. The van der Waals surface area contributed by atoms with Crippen molar-refractivity contribution in [2.45, 2.75) is 12.8 Å². The third-order valence-electron chi connectivity index (χ3n) is 1.04. The van der Waals surface area contributed by atoms with E-state index < -0.39 is 8.25 Å². The van der Waals surface area contributed by atoms with Crippen LogP contribution in [0, 0.1) is 0 Å². The zero-order chi connectivity index (χ0) is 9.40. The van der Waals surface area contributed by atoms with Gasteiger partial charge in [0.15, 0.2) is 0 Å². The largest absolute Gasteiger partial charge is 0.431 e. The van der Waals surface area contributed by atoms with Gasteiger partial charge in [0.25, 0.3) is 0 Å². The van der Waals surface area contributed by atoms with E-state index in [1.54, 1.807) is 6.08 Å². The highest BCUT2D eigenvalue weighted by molar-refractivity contribution is 7.32. The van der Waals surface area contributed by atoms with Gasteiger partial charge in [0.2, 0.25) is 0 Å². The van der Waals surface area contributed by atoms with E-state index in [1.165, 1.54) is 0 Å². The summed E-state index contributed by atoms with van der Waals surface area (Å²) in [6.07, 6.45) is 2.74. The van der Waals surface area contributed by atoms with Gasteiger partial charge in [-0.3, -0.25) is 0 Å². The predicted molar refractivity (Wildman–Crippen MR) is 51.1 cm³/mol. The second-order valence-corrected chi connectivity index (χ2v) is 3.45. The maximum Gasteiger partial charge on any atom is 0.364 e. The first kappa shape index (κ1) is 12.3. The van der Waals surface area contributed by atoms with Gasteiger partial charge >= 0.3 is 8.25 Å². The first-order valence-corrected chi connectivity index (χ1v) is 5.75. The molecular weight excluding hydrogens is 222 g/mol. The molecule has 0 rings (SSSR count). The van der Waals surface area contributed by atoms with E-state index in [2.05, 4.69) is 4.52 Å². The van der Waals surface area contributed by atoms with Crippen molar-refractivity contribution in [3.63, 3.8) is 0 Å². The Morgan fingerprint density at radius 2 is 2.17 bits per heavy atom. The number of allylic oxidation sites excluding steroid dienone is 2. The molecule has 0 radical (unpaired) electrons. The topological polar surface area (TPSA) is 46.5 Å². The Hall–Kier alpha value is 0.310. The molecule has 0 amide bonds. The van der Waals surface area contributed by atoms with Crippen molar-refractivity contribution in [1.29, 1.82) is 0 Å². The summed E-state index contributed by atoms with van der Waals surface area (Å²) < 4.78 is 14.9. The molecule has 0 heterocycles. The fourth-order valence-corrected chi connectivity index (χ4v) is 1.32. The average molecular weight is 233 g/mol. The molecule has 3 nitrogen and oxygen atoms in total. The Kier molecular flexibility index (Phi) is 8.14. The molecule has 0 spiro atoms. The molecule has 0 saturated heterocycles. The van der Waals surface area contributed by atoms with Gasteiger partial charge in [0.05, 0.1) is 0 Å².